The minimum absolute atomic E-state index is 0.00873. The van der Waals surface area contributed by atoms with Gasteiger partial charge in [-0.3, -0.25) is 4.79 Å². The van der Waals surface area contributed by atoms with E-state index in [2.05, 4.69) is 21.2 Å². The summed E-state index contributed by atoms with van der Waals surface area (Å²) in [6.45, 7) is 0. The van der Waals surface area contributed by atoms with Crippen molar-refractivity contribution < 1.29 is 18.3 Å². The summed E-state index contributed by atoms with van der Waals surface area (Å²) < 4.78 is 31.8. The Morgan fingerprint density at radius 1 is 1.20 bits per heavy atom. The average Bonchev–Trinajstić information content (AvgIpc) is 2.41. The molecular weight excluding hydrogens is 332 g/mol. The van der Waals surface area contributed by atoms with Crippen LogP contribution in [-0.2, 0) is 0 Å². The number of halogens is 3. The number of carbonyl (C=O) groups is 1. The van der Waals surface area contributed by atoms with E-state index in [-0.39, 0.29) is 11.3 Å². The number of amides is 1. The van der Waals surface area contributed by atoms with E-state index in [9.17, 15) is 13.6 Å². The standard InChI is InChI=1S/C14H10BrF2NO2/c1-20-9-3-5-12(17)13(7-9)18-14(19)10-4-2-8(16)6-11(10)15/h2-7H,1H3,(H,18,19). The van der Waals surface area contributed by atoms with Gasteiger partial charge in [-0.15, -0.1) is 0 Å². The van der Waals surface area contributed by atoms with Crippen molar-refractivity contribution in [2.24, 2.45) is 0 Å². The molecule has 0 spiro atoms. The van der Waals surface area contributed by atoms with E-state index in [4.69, 9.17) is 4.74 Å². The highest BCUT2D eigenvalue weighted by molar-refractivity contribution is 9.10. The summed E-state index contributed by atoms with van der Waals surface area (Å²) in [5, 5.41) is 2.42. The van der Waals surface area contributed by atoms with Crippen LogP contribution in [0.15, 0.2) is 40.9 Å². The zero-order valence-corrected chi connectivity index (χ0v) is 12.0. The largest absolute Gasteiger partial charge is 0.497 e. The Balaban J connectivity index is 2.27. The van der Waals surface area contributed by atoms with Crippen LogP contribution in [0.4, 0.5) is 14.5 Å². The van der Waals surface area contributed by atoms with Gasteiger partial charge in [-0.2, -0.15) is 0 Å². The summed E-state index contributed by atoms with van der Waals surface area (Å²) in [6, 6.07) is 7.63. The molecule has 0 saturated heterocycles. The van der Waals surface area contributed by atoms with Crippen molar-refractivity contribution in [3.63, 3.8) is 0 Å². The number of anilines is 1. The summed E-state index contributed by atoms with van der Waals surface area (Å²) in [7, 11) is 1.44. The van der Waals surface area contributed by atoms with Crippen molar-refractivity contribution >= 4 is 27.5 Å². The lowest BCUT2D eigenvalue weighted by molar-refractivity contribution is 0.102. The molecule has 0 bridgehead atoms. The molecule has 0 fully saturated rings. The molecule has 6 heteroatoms. The van der Waals surface area contributed by atoms with Crippen LogP contribution in [0.5, 0.6) is 5.75 Å². The number of rotatable bonds is 3. The number of hydrogen-bond donors (Lipinski definition) is 1. The van der Waals surface area contributed by atoms with Crippen LogP contribution in [0.2, 0.25) is 0 Å². The molecule has 2 aromatic rings. The van der Waals surface area contributed by atoms with Crippen molar-refractivity contribution in [3.05, 3.63) is 58.1 Å². The van der Waals surface area contributed by atoms with Crippen molar-refractivity contribution in [3.8, 4) is 5.75 Å². The summed E-state index contributed by atoms with van der Waals surface area (Å²) in [5.74, 6) is -1.19. The quantitative estimate of drug-likeness (QED) is 0.916. The first-order valence-corrected chi connectivity index (χ1v) is 6.40. The highest BCUT2D eigenvalue weighted by Gasteiger charge is 2.13. The monoisotopic (exact) mass is 341 g/mol. The van der Waals surface area contributed by atoms with Gasteiger partial charge in [-0.25, -0.2) is 8.78 Å². The van der Waals surface area contributed by atoms with Gasteiger partial charge in [0.05, 0.1) is 18.4 Å². The molecule has 104 valence electrons. The van der Waals surface area contributed by atoms with Crippen molar-refractivity contribution in [1.29, 1.82) is 0 Å². The topological polar surface area (TPSA) is 38.3 Å². The van der Waals surface area contributed by atoms with Crippen LogP contribution < -0.4 is 10.1 Å². The molecular formula is C14H10BrF2NO2. The van der Waals surface area contributed by atoms with Gasteiger partial charge in [0.2, 0.25) is 0 Å². The Kier molecular flexibility index (Phi) is 4.34. The number of carbonyl (C=O) groups excluding carboxylic acids is 1. The lowest BCUT2D eigenvalue weighted by Crippen LogP contribution is -2.13. The molecule has 1 N–H and O–H groups in total. The van der Waals surface area contributed by atoms with Crippen LogP contribution in [0.1, 0.15) is 10.4 Å². The molecule has 20 heavy (non-hydrogen) atoms. The Labute approximate surface area is 122 Å². The predicted molar refractivity (Wildman–Crippen MR) is 75.0 cm³/mol. The fourth-order valence-corrected chi connectivity index (χ4v) is 2.12. The fraction of sp³-hybridized carbons (Fsp3) is 0.0714. The van der Waals surface area contributed by atoms with E-state index in [1.54, 1.807) is 0 Å². The van der Waals surface area contributed by atoms with Crippen LogP contribution in [0, 0.1) is 11.6 Å². The molecule has 2 aromatic carbocycles. The highest BCUT2D eigenvalue weighted by atomic mass is 79.9. The van der Waals surface area contributed by atoms with E-state index in [1.807, 2.05) is 0 Å². The maximum atomic E-state index is 13.6. The molecule has 2 rings (SSSR count). The second-order valence-electron chi connectivity index (χ2n) is 3.92. The first-order chi connectivity index (χ1) is 9.51. The summed E-state index contributed by atoms with van der Waals surface area (Å²) in [6.07, 6.45) is 0. The summed E-state index contributed by atoms with van der Waals surface area (Å²) in [5.41, 5.74) is 0.194. The summed E-state index contributed by atoms with van der Waals surface area (Å²) in [4.78, 5) is 12.0. The lowest BCUT2D eigenvalue weighted by atomic mass is 10.2. The van der Waals surface area contributed by atoms with Crippen LogP contribution in [0.25, 0.3) is 0 Å². The Morgan fingerprint density at radius 2 is 1.95 bits per heavy atom. The van der Waals surface area contributed by atoms with E-state index >= 15 is 0 Å². The second kappa shape index (κ2) is 6.00. The minimum atomic E-state index is -0.586. The highest BCUT2D eigenvalue weighted by Crippen LogP contribution is 2.23. The van der Waals surface area contributed by atoms with Crippen LogP contribution >= 0.6 is 15.9 Å². The van der Waals surface area contributed by atoms with Gasteiger partial charge in [0.15, 0.2) is 0 Å². The van der Waals surface area contributed by atoms with E-state index in [0.29, 0.717) is 10.2 Å². The third-order valence-electron chi connectivity index (χ3n) is 2.60. The van der Waals surface area contributed by atoms with Gasteiger partial charge < -0.3 is 10.1 Å². The fourth-order valence-electron chi connectivity index (χ4n) is 1.59. The number of hydrogen-bond acceptors (Lipinski definition) is 2. The Morgan fingerprint density at radius 3 is 2.60 bits per heavy atom. The minimum Gasteiger partial charge on any atom is -0.497 e. The number of benzene rings is 2. The number of nitrogens with one attached hydrogen (secondary N) is 1. The van der Waals surface area contributed by atoms with E-state index in [1.165, 1.54) is 31.4 Å². The van der Waals surface area contributed by atoms with Gasteiger partial charge in [0, 0.05) is 10.5 Å². The third-order valence-corrected chi connectivity index (χ3v) is 3.25. The molecule has 0 aliphatic rings. The van der Waals surface area contributed by atoms with Crippen molar-refractivity contribution in [2.45, 2.75) is 0 Å². The van der Waals surface area contributed by atoms with Gasteiger partial charge in [-0.1, -0.05) is 0 Å². The third kappa shape index (κ3) is 3.14. The molecule has 0 heterocycles. The maximum absolute atomic E-state index is 13.6. The molecule has 0 radical (unpaired) electrons. The second-order valence-corrected chi connectivity index (χ2v) is 4.78. The zero-order valence-electron chi connectivity index (χ0n) is 10.4. The molecule has 3 nitrogen and oxygen atoms in total. The van der Waals surface area contributed by atoms with Gasteiger partial charge >= 0.3 is 0 Å². The van der Waals surface area contributed by atoms with E-state index in [0.717, 1.165) is 12.1 Å². The Bertz CT molecular complexity index is 662. The lowest BCUT2D eigenvalue weighted by Gasteiger charge is -2.09. The molecule has 0 aliphatic heterocycles. The first kappa shape index (κ1) is 14.5. The molecule has 0 saturated carbocycles. The number of methoxy groups -OCH3 is 1. The number of ether oxygens (including phenoxy) is 1. The van der Waals surface area contributed by atoms with E-state index < -0.39 is 17.5 Å². The Hall–Kier alpha value is -1.95. The van der Waals surface area contributed by atoms with Gasteiger partial charge in [-0.05, 0) is 46.3 Å². The smallest absolute Gasteiger partial charge is 0.256 e. The maximum Gasteiger partial charge on any atom is 0.256 e. The van der Waals surface area contributed by atoms with Gasteiger partial charge in [0.1, 0.15) is 17.4 Å². The molecule has 0 aromatic heterocycles. The first-order valence-electron chi connectivity index (χ1n) is 5.61. The average molecular weight is 342 g/mol. The zero-order chi connectivity index (χ0) is 14.7. The normalized spacial score (nSPS) is 10.2. The van der Waals surface area contributed by atoms with Crippen molar-refractivity contribution in [2.75, 3.05) is 12.4 Å². The molecule has 0 atom stereocenters. The van der Waals surface area contributed by atoms with Crippen molar-refractivity contribution in [1.82, 2.24) is 0 Å². The van der Waals surface area contributed by atoms with Crippen LogP contribution in [-0.4, -0.2) is 13.0 Å². The molecule has 1 amide bonds. The van der Waals surface area contributed by atoms with Crippen LogP contribution in [0.3, 0.4) is 0 Å². The molecule has 0 aliphatic carbocycles. The summed E-state index contributed by atoms with van der Waals surface area (Å²) >= 11 is 3.09. The predicted octanol–water partition coefficient (Wildman–Crippen LogP) is 3.99. The SMILES string of the molecule is COc1ccc(F)c(NC(=O)c2ccc(F)cc2Br)c1. The molecule has 0 unspecified atom stereocenters. The van der Waals surface area contributed by atoms with Gasteiger partial charge in [0.25, 0.3) is 5.91 Å².